The van der Waals surface area contributed by atoms with Crippen LogP contribution < -0.4 is 10.6 Å². The number of nitrogens with one attached hydrogen (secondary N) is 2. The Hall–Kier alpha value is -1.88. The zero-order valence-electron chi connectivity index (χ0n) is 13.6. The van der Waals surface area contributed by atoms with Gasteiger partial charge in [0.15, 0.2) is 0 Å². The minimum atomic E-state index is 0.152. The molecule has 1 saturated carbocycles. The van der Waals surface area contributed by atoms with Crippen LogP contribution in [0.15, 0.2) is 24.3 Å². The standard InChI is InChI=1S/C18H24N4O/c1-2-11-22-15-6-4-3-5-14(15)20-17(22)21-16(23)13-12-18(13)7-9-19-10-8-18/h3-6,13,19H,2,7-12H2,1H3,(H,20,21,23). The maximum absolute atomic E-state index is 12.7. The number of aromatic nitrogens is 2. The van der Waals surface area contributed by atoms with Gasteiger partial charge in [-0.15, -0.1) is 0 Å². The number of piperidine rings is 1. The SMILES string of the molecule is CCCn1c(NC(=O)C2CC23CCNCC3)nc2ccccc21. The molecule has 1 unspecified atom stereocenters. The summed E-state index contributed by atoms with van der Waals surface area (Å²) in [5, 5.41) is 6.50. The Labute approximate surface area is 136 Å². The van der Waals surface area contributed by atoms with E-state index in [-0.39, 0.29) is 17.2 Å². The molecule has 0 bridgehead atoms. The van der Waals surface area contributed by atoms with Crippen LogP contribution >= 0.6 is 0 Å². The molecule has 1 amide bonds. The van der Waals surface area contributed by atoms with Crippen molar-refractivity contribution in [3.63, 3.8) is 0 Å². The number of rotatable bonds is 4. The van der Waals surface area contributed by atoms with Gasteiger partial charge in [0, 0.05) is 12.5 Å². The van der Waals surface area contributed by atoms with Gasteiger partial charge >= 0.3 is 0 Å². The predicted octanol–water partition coefficient (Wildman–Crippen LogP) is 2.77. The zero-order valence-corrected chi connectivity index (χ0v) is 13.6. The van der Waals surface area contributed by atoms with E-state index in [1.54, 1.807) is 0 Å². The highest BCUT2D eigenvalue weighted by atomic mass is 16.2. The molecule has 1 aliphatic heterocycles. The van der Waals surface area contributed by atoms with Crippen molar-refractivity contribution in [2.75, 3.05) is 18.4 Å². The monoisotopic (exact) mass is 312 g/mol. The topological polar surface area (TPSA) is 59.0 Å². The first kappa shape index (κ1) is 14.7. The third kappa shape index (κ3) is 2.53. The largest absolute Gasteiger partial charge is 0.317 e. The number of nitrogens with zero attached hydrogens (tertiary/aromatic N) is 2. The van der Waals surface area contributed by atoms with Gasteiger partial charge in [0.1, 0.15) is 0 Å². The fourth-order valence-electron chi connectivity index (χ4n) is 4.01. The van der Waals surface area contributed by atoms with Gasteiger partial charge in [-0.25, -0.2) is 4.98 Å². The van der Waals surface area contributed by atoms with Gasteiger partial charge in [0.2, 0.25) is 11.9 Å². The number of para-hydroxylation sites is 2. The molecule has 1 aromatic carbocycles. The Morgan fingerprint density at radius 1 is 1.39 bits per heavy atom. The fourth-order valence-corrected chi connectivity index (χ4v) is 4.01. The Morgan fingerprint density at radius 2 is 2.17 bits per heavy atom. The number of fused-ring (bicyclic) bond motifs is 1. The van der Waals surface area contributed by atoms with Crippen LogP contribution in [0, 0.1) is 11.3 Å². The molecular formula is C18H24N4O. The van der Waals surface area contributed by atoms with Crippen LogP contribution in [-0.4, -0.2) is 28.5 Å². The average molecular weight is 312 g/mol. The van der Waals surface area contributed by atoms with Crippen molar-refractivity contribution in [1.82, 2.24) is 14.9 Å². The third-order valence-corrected chi connectivity index (χ3v) is 5.44. The van der Waals surface area contributed by atoms with Crippen molar-refractivity contribution in [3.05, 3.63) is 24.3 Å². The van der Waals surface area contributed by atoms with Gasteiger partial charge < -0.3 is 9.88 Å². The zero-order chi connectivity index (χ0) is 15.9. The first-order valence-corrected chi connectivity index (χ1v) is 8.70. The predicted molar refractivity (Wildman–Crippen MR) is 91.3 cm³/mol. The molecule has 2 fully saturated rings. The van der Waals surface area contributed by atoms with Gasteiger partial charge in [-0.1, -0.05) is 19.1 Å². The quantitative estimate of drug-likeness (QED) is 0.912. The average Bonchev–Trinajstić information content (AvgIpc) is 3.15. The molecule has 5 heteroatoms. The van der Waals surface area contributed by atoms with Gasteiger partial charge in [0.05, 0.1) is 11.0 Å². The van der Waals surface area contributed by atoms with Crippen LogP contribution in [0.2, 0.25) is 0 Å². The third-order valence-electron chi connectivity index (χ3n) is 5.44. The Bertz CT molecular complexity index is 730. The van der Waals surface area contributed by atoms with Crippen LogP contribution in [0.1, 0.15) is 32.6 Å². The van der Waals surface area contributed by atoms with Gasteiger partial charge in [-0.05, 0) is 56.3 Å². The summed E-state index contributed by atoms with van der Waals surface area (Å²) < 4.78 is 2.13. The number of imidazole rings is 1. The lowest BCUT2D eigenvalue weighted by molar-refractivity contribution is -0.118. The maximum atomic E-state index is 12.7. The summed E-state index contributed by atoms with van der Waals surface area (Å²) in [6.07, 6.45) is 4.30. The normalized spacial score (nSPS) is 22.4. The number of anilines is 1. The van der Waals surface area contributed by atoms with Crippen molar-refractivity contribution in [3.8, 4) is 0 Å². The molecule has 1 saturated heterocycles. The highest BCUT2D eigenvalue weighted by Gasteiger charge is 2.57. The molecule has 1 atom stereocenters. The summed E-state index contributed by atoms with van der Waals surface area (Å²) >= 11 is 0. The Morgan fingerprint density at radius 3 is 2.96 bits per heavy atom. The number of amides is 1. The maximum Gasteiger partial charge on any atom is 0.230 e. The van der Waals surface area contributed by atoms with Crippen molar-refractivity contribution >= 4 is 22.9 Å². The van der Waals surface area contributed by atoms with Crippen LogP contribution in [0.5, 0.6) is 0 Å². The summed E-state index contributed by atoms with van der Waals surface area (Å²) in [4.78, 5) is 17.3. The molecule has 0 radical (unpaired) electrons. The lowest BCUT2D eigenvalue weighted by atomic mass is 9.92. The second kappa shape index (κ2) is 5.64. The molecule has 5 nitrogen and oxygen atoms in total. The summed E-state index contributed by atoms with van der Waals surface area (Å²) in [7, 11) is 0. The number of hydrogen-bond acceptors (Lipinski definition) is 3. The lowest BCUT2D eigenvalue weighted by Gasteiger charge is -2.23. The molecule has 122 valence electrons. The molecule has 2 heterocycles. The second-order valence-electron chi connectivity index (χ2n) is 6.93. The van der Waals surface area contributed by atoms with E-state index in [1.807, 2.05) is 18.2 Å². The van der Waals surface area contributed by atoms with E-state index >= 15 is 0 Å². The van der Waals surface area contributed by atoms with Crippen molar-refractivity contribution < 1.29 is 4.79 Å². The number of benzene rings is 1. The Kier molecular flexibility index (Phi) is 3.60. The van der Waals surface area contributed by atoms with Crippen molar-refractivity contribution in [1.29, 1.82) is 0 Å². The van der Waals surface area contributed by atoms with Gasteiger partial charge in [0.25, 0.3) is 0 Å². The summed E-state index contributed by atoms with van der Waals surface area (Å²) in [6, 6.07) is 8.08. The summed E-state index contributed by atoms with van der Waals surface area (Å²) in [5.41, 5.74) is 2.30. The summed E-state index contributed by atoms with van der Waals surface area (Å²) in [6.45, 7) is 5.09. The van der Waals surface area contributed by atoms with Crippen molar-refractivity contribution in [2.24, 2.45) is 11.3 Å². The molecule has 1 aliphatic carbocycles. The molecular weight excluding hydrogens is 288 g/mol. The van der Waals surface area contributed by atoms with E-state index in [0.29, 0.717) is 5.95 Å². The first-order chi connectivity index (χ1) is 11.2. The molecule has 4 rings (SSSR count). The van der Waals surface area contributed by atoms with Crippen molar-refractivity contribution in [2.45, 2.75) is 39.2 Å². The van der Waals surface area contributed by atoms with E-state index in [0.717, 1.165) is 56.4 Å². The molecule has 2 aromatic rings. The second-order valence-corrected chi connectivity index (χ2v) is 6.93. The molecule has 2 N–H and O–H groups in total. The first-order valence-electron chi connectivity index (χ1n) is 8.70. The smallest absolute Gasteiger partial charge is 0.230 e. The molecule has 23 heavy (non-hydrogen) atoms. The summed E-state index contributed by atoms with van der Waals surface area (Å²) in [5.74, 6) is 1.02. The van der Waals surface area contributed by atoms with Crippen LogP contribution in [0.4, 0.5) is 5.95 Å². The minimum absolute atomic E-state index is 0.152. The van der Waals surface area contributed by atoms with E-state index in [2.05, 4.69) is 33.2 Å². The van der Waals surface area contributed by atoms with Gasteiger partial charge in [-0.2, -0.15) is 0 Å². The fraction of sp³-hybridized carbons (Fsp3) is 0.556. The lowest BCUT2D eigenvalue weighted by Crippen LogP contribution is -2.32. The highest BCUT2D eigenvalue weighted by Crippen LogP contribution is 2.58. The minimum Gasteiger partial charge on any atom is -0.317 e. The van der Waals surface area contributed by atoms with E-state index in [4.69, 9.17) is 0 Å². The van der Waals surface area contributed by atoms with Crippen LogP contribution in [0.25, 0.3) is 11.0 Å². The number of hydrogen-bond donors (Lipinski definition) is 2. The van der Waals surface area contributed by atoms with Crippen LogP contribution in [0.3, 0.4) is 0 Å². The molecule has 1 spiro atoms. The number of carbonyl (C=O) groups excluding carboxylic acids is 1. The molecule has 2 aliphatic rings. The number of carbonyl (C=O) groups is 1. The van der Waals surface area contributed by atoms with Crippen LogP contribution in [-0.2, 0) is 11.3 Å². The number of aryl methyl sites for hydroxylation is 1. The Balaban J connectivity index is 1.55. The molecule has 1 aromatic heterocycles. The van der Waals surface area contributed by atoms with E-state index < -0.39 is 0 Å². The van der Waals surface area contributed by atoms with Gasteiger partial charge in [-0.3, -0.25) is 10.1 Å². The van der Waals surface area contributed by atoms with E-state index in [9.17, 15) is 4.79 Å². The van der Waals surface area contributed by atoms with E-state index in [1.165, 1.54) is 0 Å². The highest BCUT2D eigenvalue weighted by molar-refractivity contribution is 5.95.